The van der Waals surface area contributed by atoms with Crippen molar-refractivity contribution in [2.75, 3.05) is 0 Å². The van der Waals surface area contributed by atoms with E-state index in [-0.39, 0.29) is 5.96 Å². The van der Waals surface area contributed by atoms with Crippen LogP contribution in [0.15, 0.2) is 23.2 Å². The van der Waals surface area contributed by atoms with E-state index in [1.807, 2.05) is 25.1 Å². The predicted octanol–water partition coefficient (Wildman–Crippen LogP) is 1.50. The molecule has 0 aromatic heterocycles. The monoisotopic (exact) mass is 275 g/mol. The fraction of sp³-hybridized carbons (Fsp3) is 0.125. The van der Waals surface area contributed by atoms with Crippen LogP contribution in [-0.2, 0) is 0 Å². The molecule has 0 unspecified atom stereocenters. The quantitative estimate of drug-likeness (QED) is 0.463. The Morgan fingerprint density at radius 3 is 2.58 bits per heavy atom. The summed E-state index contributed by atoms with van der Waals surface area (Å²) in [7, 11) is 0. The zero-order valence-electron chi connectivity index (χ0n) is 6.71. The first-order valence-corrected chi connectivity index (χ1v) is 4.53. The highest BCUT2D eigenvalue weighted by Crippen LogP contribution is 2.18. The van der Waals surface area contributed by atoms with Gasteiger partial charge in [-0.25, -0.2) is 4.99 Å². The molecule has 0 saturated heterocycles. The van der Waals surface area contributed by atoms with Crippen molar-refractivity contribution >= 4 is 34.2 Å². The minimum atomic E-state index is 0.0932. The second-order valence-electron chi connectivity index (χ2n) is 2.47. The SMILES string of the molecule is Cc1cc(N=C(N)N)ccc1I. The Balaban J connectivity index is 3.05. The van der Waals surface area contributed by atoms with Crippen molar-refractivity contribution in [2.45, 2.75) is 6.92 Å². The summed E-state index contributed by atoms with van der Waals surface area (Å²) in [5, 5.41) is 0. The summed E-state index contributed by atoms with van der Waals surface area (Å²) in [6.45, 7) is 2.02. The molecule has 12 heavy (non-hydrogen) atoms. The molecule has 0 heterocycles. The molecule has 3 nitrogen and oxygen atoms in total. The predicted molar refractivity (Wildman–Crippen MR) is 59.4 cm³/mol. The van der Waals surface area contributed by atoms with Gasteiger partial charge < -0.3 is 11.5 Å². The minimum absolute atomic E-state index is 0.0932. The Kier molecular flexibility index (Phi) is 2.91. The highest BCUT2D eigenvalue weighted by atomic mass is 127. The van der Waals surface area contributed by atoms with Crippen molar-refractivity contribution in [1.29, 1.82) is 0 Å². The van der Waals surface area contributed by atoms with Crippen molar-refractivity contribution in [3.05, 3.63) is 27.3 Å². The molecule has 0 atom stereocenters. The molecule has 0 radical (unpaired) electrons. The lowest BCUT2D eigenvalue weighted by Crippen LogP contribution is -2.21. The lowest BCUT2D eigenvalue weighted by atomic mass is 10.2. The van der Waals surface area contributed by atoms with E-state index in [0.717, 1.165) is 5.69 Å². The molecule has 1 aromatic rings. The number of rotatable bonds is 1. The van der Waals surface area contributed by atoms with E-state index >= 15 is 0 Å². The van der Waals surface area contributed by atoms with Crippen molar-refractivity contribution in [2.24, 2.45) is 16.5 Å². The Labute approximate surface area is 85.0 Å². The standard InChI is InChI=1S/C8H10IN3/c1-5-4-6(12-8(10)11)2-3-7(5)9/h2-4H,1H3,(H4,10,11,12). The molecule has 1 rings (SSSR count). The summed E-state index contributed by atoms with van der Waals surface area (Å²) in [5.41, 5.74) is 12.5. The number of hydrogen-bond donors (Lipinski definition) is 2. The van der Waals surface area contributed by atoms with Gasteiger partial charge >= 0.3 is 0 Å². The van der Waals surface area contributed by atoms with Crippen LogP contribution in [0.5, 0.6) is 0 Å². The summed E-state index contributed by atoms with van der Waals surface area (Å²) < 4.78 is 1.21. The van der Waals surface area contributed by atoms with Gasteiger partial charge in [-0.2, -0.15) is 0 Å². The fourth-order valence-electron chi connectivity index (χ4n) is 0.847. The average molecular weight is 275 g/mol. The molecule has 0 saturated carbocycles. The van der Waals surface area contributed by atoms with Gasteiger partial charge in [-0.1, -0.05) is 0 Å². The highest BCUT2D eigenvalue weighted by molar-refractivity contribution is 14.1. The van der Waals surface area contributed by atoms with Crippen molar-refractivity contribution in [3.63, 3.8) is 0 Å². The van der Waals surface area contributed by atoms with Gasteiger partial charge in [0.2, 0.25) is 0 Å². The molecule has 0 aliphatic heterocycles. The lowest BCUT2D eigenvalue weighted by molar-refractivity contribution is 1.37. The van der Waals surface area contributed by atoms with Crippen LogP contribution in [0.2, 0.25) is 0 Å². The van der Waals surface area contributed by atoms with Crippen LogP contribution in [0.25, 0.3) is 0 Å². The van der Waals surface area contributed by atoms with Crippen LogP contribution >= 0.6 is 22.6 Å². The fourth-order valence-corrected chi connectivity index (χ4v) is 1.18. The third-order valence-corrected chi connectivity index (χ3v) is 2.61. The van der Waals surface area contributed by atoms with Crippen LogP contribution in [-0.4, -0.2) is 5.96 Å². The Hall–Kier alpha value is -0.780. The largest absolute Gasteiger partial charge is 0.370 e. The maximum atomic E-state index is 5.24. The molecule has 64 valence electrons. The Morgan fingerprint density at radius 2 is 2.08 bits per heavy atom. The third kappa shape index (κ3) is 2.37. The van der Waals surface area contributed by atoms with E-state index in [1.54, 1.807) is 0 Å². The number of benzene rings is 1. The molecule has 0 fully saturated rings. The van der Waals surface area contributed by atoms with Gasteiger partial charge in [0, 0.05) is 3.57 Å². The van der Waals surface area contributed by atoms with E-state index in [1.165, 1.54) is 9.13 Å². The number of nitrogens with zero attached hydrogens (tertiary/aromatic N) is 1. The minimum Gasteiger partial charge on any atom is -0.370 e. The normalized spacial score (nSPS) is 9.50. The summed E-state index contributed by atoms with van der Waals surface area (Å²) >= 11 is 2.26. The molecule has 1 aromatic carbocycles. The summed E-state index contributed by atoms with van der Waals surface area (Å²) in [6, 6.07) is 5.81. The molecule has 0 bridgehead atoms. The number of aliphatic imine (C=N–C) groups is 1. The number of halogens is 1. The third-order valence-electron chi connectivity index (χ3n) is 1.40. The molecular formula is C8H10IN3. The highest BCUT2D eigenvalue weighted by Gasteiger charge is 1.95. The first-order chi connectivity index (χ1) is 5.59. The molecule has 0 aliphatic carbocycles. The van der Waals surface area contributed by atoms with Crippen LogP contribution in [0, 0.1) is 10.5 Å². The average Bonchev–Trinajstić information content (AvgIpc) is 1.96. The van der Waals surface area contributed by atoms with Crippen molar-refractivity contribution in [3.8, 4) is 0 Å². The van der Waals surface area contributed by atoms with Crippen LogP contribution < -0.4 is 11.5 Å². The van der Waals surface area contributed by atoms with Crippen molar-refractivity contribution in [1.82, 2.24) is 0 Å². The topological polar surface area (TPSA) is 64.4 Å². The molecule has 4 heteroatoms. The van der Waals surface area contributed by atoms with E-state index in [9.17, 15) is 0 Å². The Morgan fingerprint density at radius 1 is 1.42 bits per heavy atom. The van der Waals surface area contributed by atoms with E-state index in [0.29, 0.717) is 0 Å². The number of nitrogens with two attached hydrogens (primary N) is 2. The van der Waals surface area contributed by atoms with Crippen molar-refractivity contribution < 1.29 is 0 Å². The number of aryl methyl sites for hydroxylation is 1. The zero-order valence-corrected chi connectivity index (χ0v) is 8.87. The molecule has 0 amide bonds. The van der Waals surface area contributed by atoms with E-state index in [4.69, 9.17) is 11.5 Å². The van der Waals surface area contributed by atoms with Gasteiger partial charge in [0.25, 0.3) is 0 Å². The van der Waals surface area contributed by atoms with Crippen LogP contribution in [0.3, 0.4) is 0 Å². The van der Waals surface area contributed by atoms with Gasteiger partial charge in [0.05, 0.1) is 5.69 Å². The van der Waals surface area contributed by atoms with Gasteiger partial charge in [-0.15, -0.1) is 0 Å². The smallest absolute Gasteiger partial charge is 0.191 e. The Bertz CT molecular complexity index is 316. The van der Waals surface area contributed by atoms with Crippen LogP contribution in [0.4, 0.5) is 5.69 Å². The second kappa shape index (κ2) is 3.75. The molecule has 0 spiro atoms. The maximum absolute atomic E-state index is 5.24. The zero-order chi connectivity index (χ0) is 9.14. The molecular weight excluding hydrogens is 265 g/mol. The summed E-state index contributed by atoms with van der Waals surface area (Å²) in [4.78, 5) is 3.93. The number of hydrogen-bond acceptors (Lipinski definition) is 1. The van der Waals surface area contributed by atoms with Gasteiger partial charge in [-0.3, -0.25) is 0 Å². The lowest BCUT2D eigenvalue weighted by Gasteiger charge is -1.99. The van der Waals surface area contributed by atoms with Gasteiger partial charge in [0.1, 0.15) is 0 Å². The first kappa shape index (κ1) is 9.31. The maximum Gasteiger partial charge on any atom is 0.191 e. The van der Waals surface area contributed by atoms with E-state index < -0.39 is 0 Å². The summed E-state index contributed by atoms with van der Waals surface area (Å²) in [6.07, 6.45) is 0. The van der Waals surface area contributed by atoms with Gasteiger partial charge in [-0.05, 0) is 53.3 Å². The van der Waals surface area contributed by atoms with Gasteiger partial charge in [0.15, 0.2) is 5.96 Å². The molecule has 0 aliphatic rings. The second-order valence-corrected chi connectivity index (χ2v) is 3.63. The van der Waals surface area contributed by atoms with E-state index in [2.05, 4.69) is 27.6 Å². The molecule has 4 N–H and O–H groups in total. The first-order valence-electron chi connectivity index (χ1n) is 3.45. The number of guanidine groups is 1. The van der Waals surface area contributed by atoms with Crippen LogP contribution in [0.1, 0.15) is 5.56 Å². The summed E-state index contributed by atoms with van der Waals surface area (Å²) in [5.74, 6) is 0.0932.